The van der Waals surface area contributed by atoms with Crippen LogP contribution in [0.5, 0.6) is 0 Å². The van der Waals surface area contributed by atoms with E-state index in [-0.39, 0.29) is 12.1 Å². The van der Waals surface area contributed by atoms with Gasteiger partial charge in [0.15, 0.2) is 5.82 Å². The lowest BCUT2D eigenvalue weighted by molar-refractivity contribution is 0.579. The van der Waals surface area contributed by atoms with Gasteiger partial charge in [0, 0.05) is 28.9 Å². The maximum absolute atomic E-state index is 6.27. The highest BCUT2D eigenvalue weighted by molar-refractivity contribution is 9.10. The van der Waals surface area contributed by atoms with E-state index in [1.165, 1.54) is 0 Å². The third-order valence-corrected chi connectivity index (χ3v) is 5.83. The van der Waals surface area contributed by atoms with Crippen molar-refractivity contribution in [3.8, 4) is 11.4 Å². The molecule has 0 saturated carbocycles. The topological polar surface area (TPSA) is 90.7 Å². The largest absolute Gasteiger partial charge is 0.326 e. The van der Waals surface area contributed by atoms with Crippen LogP contribution in [0.4, 0.5) is 0 Å². The first-order chi connectivity index (χ1) is 10.5. The fourth-order valence-corrected chi connectivity index (χ4v) is 3.87. The first-order valence-corrected chi connectivity index (χ1v) is 8.48. The molecule has 0 saturated heterocycles. The lowest BCUT2D eigenvalue weighted by Gasteiger charge is -2.16. The van der Waals surface area contributed by atoms with Crippen LogP contribution in [0.3, 0.4) is 0 Å². The molecule has 2 unspecified atom stereocenters. The molecule has 22 heavy (non-hydrogen) atoms. The summed E-state index contributed by atoms with van der Waals surface area (Å²) in [5.74, 6) is 0.638. The second-order valence-corrected chi connectivity index (χ2v) is 7.22. The first-order valence-electron chi connectivity index (χ1n) is 6.87. The highest BCUT2D eigenvalue weighted by Gasteiger charge is 2.22. The molecule has 0 spiro atoms. The quantitative estimate of drug-likeness (QED) is 0.731. The van der Waals surface area contributed by atoms with Crippen molar-refractivity contribution in [3.05, 3.63) is 39.6 Å². The Morgan fingerprint density at radius 1 is 1.18 bits per heavy atom. The number of hydrogen-bond donors (Lipinski definition) is 2. The fourth-order valence-electron chi connectivity index (χ4n) is 2.19. The number of rotatable bonds is 3. The zero-order chi connectivity index (χ0) is 15.9. The van der Waals surface area contributed by atoms with Crippen LogP contribution in [-0.4, -0.2) is 21.0 Å². The van der Waals surface area contributed by atoms with Gasteiger partial charge in [0.1, 0.15) is 0 Å². The zero-order valence-corrected chi connectivity index (χ0v) is 14.6. The molecule has 0 aromatic carbocycles. The predicted molar refractivity (Wildman–Crippen MR) is 93.7 cm³/mol. The molecule has 3 aromatic heterocycles. The zero-order valence-electron chi connectivity index (χ0n) is 12.2. The molecule has 0 fully saturated rings. The molecule has 0 bridgehead atoms. The van der Waals surface area contributed by atoms with Gasteiger partial charge in [-0.1, -0.05) is 0 Å². The van der Waals surface area contributed by atoms with Gasteiger partial charge >= 0.3 is 0 Å². The van der Waals surface area contributed by atoms with Gasteiger partial charge in [-0.25, -0.2) is 9.97 Å². The van der Waals surface area contributed by atoms with Crippen LogP contribution in [0, 0.1) is 6.92 Å². The standard InChI is InChI=1S/C15H16BrN5S/c1-7(17)11(18)13-14-12(10(16)8(2)22-14)20-15(21-13)9-3-5-19-6-4-9/h3-7,11H,17-18H2,1-2H3. The smallest absolute Gasteiger partial charge is 0.160 e. The Morgan fingerprint density at radius 2 is 1.86 bits per heavy atom. The molecule has 0 aliphatic rings. The van der Waals surface area contributed by atoms with E-state index in [9.17, 15) is 0 Å². The number of pyridine rings is 1. The molecule has 4 N–H and O–H groups in total. The van der Waals surface area contributed by atoms with E-state index in [2.05, 4.69) is 20.9 Å². The van der Waals surface area contributed by atoms with Crippen LogP contribution < -0.4 is 11.5 Å². The normalized spacial score (nSPS) is 14.2. The Morgan fingerprint density at radius 3 is 2.50 bits per heavy atom. The molecular formula is C15H16BrN5S. The van der Waals surface area contributed by atoms with Gasteiger partial charge in [0.25, 0.3) is 0 Å². The van der Waals surface area contributed by atoms with E-state index in [1.807, 2.05) is 26.0 Å². The molecule has 3 heterocycles. The number of nitrogens with zero attached hydrogens (tertiary/aromatic N) is 3. The lowest BCUT2D eigenvalue weighted by atomic mass is 10.1. The van der Waals surface area contributed by atoms with Crippen molar-refractivity contribution in [2.24, 2.45) is 11.5 Å². The number of halogens is 1. The predicted octanol–water partition coefficient (Wildman–Crippen LogP) is 3.17. The van der Waals surface area contributed by atoms with E-state index < -0.39 is 0 Å². The molecule has 3 aromatic rings. The van der Waals surface area contributed by atoms with E-state index in [4.69, 9.17) is 21.4 Å². The summed E-state index contributed by atoms with van der Waals surface area (Å²) in [5.41, 5.74) is 14.9. The second-order valence-electron chi connectivity index (χ2n) is 5.20. The maximum atomic E-state index is 6.27. The van der Waals surface area contributed by atoms with E-state index >= 15 is 0 Å². The highest BCUT2D eigenvalue weighted by Crippen LogP contribution is 2.38. The summed E-state index contributed by atoms with van der Waals surface area (Å²) in [7, 11) is 0. The molecule has 0 aliphatic heterocycles. The van der Waals surface area contributed by atoms with Crippen LogP contribution in [0.2, 0.25) is 0 Å². The molecular weight excluding hydrogens is 362 g/mol. The average molecular weight is 378 g/mol. The number of hydrogen-bond acceptors (Lipinski definition) is 6. The Bertz CT molecular complexity index is 816. The van der Waals surface area contributed by atoms with Gasteiger partial charge in [0.05, 0.1) is 26.4 Å². The Labute approximate surface area is 140 Å². The van der Waals surface area contributed by atoms with Crippen LogP contribution in [0.25, 0.3) is 21.6 Å². The van der Waals surface area contributed by atoms with Gasteiger partial charge in [-0.05, 0) is 41.9 Å². The monoisotopic (exact) mass is 377 g/mol. The third kappa shape index (κ3) is 2.65. The van der Waals surface area contributed by atoms with Crippen LogP contribution >= 0.6 is 27.3 Å². The van der Waals surface area contributed by atoms with Crippen molar-refractivity contribution < 1.29 is 0 Å². The van der Waals surface area contributed by atoms with Crippen LogP contribution in [0.1, 0.15) is 23.5 Å². The van der Waals surface area contributed by atoms with Gasteiger partial charge < -0.3 is 11.5 Å². The van der Waals surface area contributed by atoms with Crippen LogP contribution in [0.15, 0.2) is 29.0 Å². The van der Waals surface area contributed by atoms with Gasteiger partial charge in [-0.3, -0.25) is 4.98 Å². The Hall–Kier alpha value is -1.41. The van der Waals surface area contributed by atoms with Crippen LogP contribution in [-0.2, 0) is 0 Å². The molecule has 2 atom stereocenters. The summed E-state index contributed by atoms with van der Waals surface area (Å²) in [6.07, 6.45) is 3.45. The molecule has 0 amide bonds. The number of aromatic nitrogens is 3. The molecule has 3 rings (SSSR count). The summed E-state index contributed by atoms with van der Waals surface area (Å²) < 4.78 is 1.98. The molecule has 5 nitrogen and oxygen atoms in total. The number of fused-ring (bicyclic) bond motifs is 1. The SMILES string of the molecule is Cc1sc2c(C(N)C(C)N)nc(-c3ccncc3)nc2c1Br. The minimum atomic E-state index is -0.337. The number of aryl methyl sites for hydroxylation is 1. The van der Waals surface area contributed by atoms with E-state index in [1.54, 1.807) is 23.7 Å². The Kier molecular flexibility index (Phi) is 4.22. The average Bonchev–Trinajstić information content (AvgIpc) is 2.82. The van der Waals surface area contributed by atoms with Crippen molar-refractivity contribution in [3.63, 3.8) is 0 Å². The third-order valence-electron chi connectivity index (χ3n) is 3.48. The summed E-state index contributed by atoms with van der Waals surface area (Å²) in [6, 6.07) is 3.24. The minimum absolute atomic E-state index is 0.190. The molecule has 114 valence electrons. The minimum Gasteiger partial charge on any atom is -0.326 e. The summed E-state index contributed by atoms with van der Waals surface area (Å²) >= 11 is 5.25. The summed E-state index contributed by atoms with van der Waals surface area (Å²) in [5, 5.41) is 0. The molecule has 7 heteroatoms. The molecule has 0 aliphatic carbocycles. The highest BCUT2D eigenvalue weighted by atomic mass is 79.9. The first kappa shape index (κ1) is 15.5. The van der Waals surface area contributed by atoms with Gasteiger partial charge in [-0.2, -0.15) is 0 Å². The number of thiophene rings is 1. The van der Waals surface area contributed by atoms with E-state index in [0.717, 1.165) is 30.8 Å². The summed E-state index contributed by atoms with van der Waals surface area (Å²) in [4.78, 5) is 14.6. The van der Waals surface area contributed by atoms with E-state index in [0.29, 0.717) is 5.82 Å². The maximum Gasteiger partial charge on any atom is 0.160 e. The molecule has 0 radical (unpaired) electrons. The van der Waals surface area contributed by atoms with Crippen molar-refractivity contribution >= 4 is 37.5 Å². The van der Waals surface area contributed by atoms with Crippen molar-refractivity contribution in [1.82, 2.24) is 15.0 Å². The van der Waals surface area contributed by atoms with Crippen molar-refractivity contribution in [1.29, 1.82) is 0 Å². The van der Waals surface area contributed by atoms with Crippen molar-refractivity contribution in [2.75, 3.05) is 0 Å². The second kappa shape index (κ2) is 6.00. The lowest BCUT2D eigenvalue weighted by Crippen LogP contribution is -2.32. The van der Waals surface area contributed by atoms with Gasteiger partial charge in [0.2, 0.25) is 0 Å². The summed E-state index contributed by atoms with van der Waals surface area (Å²) in [6.45, 7) is 3.93. The number of nitrogens with two attached hydrogens (primary N) is 2. The fraction of sp³-hybridized carbons (Fsp3) is 0.267. The van der Waals surface area contributed by atoms with Crippen molar-refractivity contribution in [2.45, 2.75) is 25.9 Å². The van der Waals surface area contributed by atoms with Gasteiger partial charge in [-0.15, -0.1) is 11.3 Å². The Balaban J connectivity index is 2.30.